The molecule has 7 heteroatoms. The van der Waals surface area contributed by atoms with Crippen molar-refractivity contribution in [2.24, 2.45) is 5.73 Å². The van der Waals surface area contributed by atoms with E-state index in [4.69, 9.17) is 5.73 Å². The third-order valence-electron chi connectivity index (χ3n) is 6.00. The zero-order valence-corrected chi connectivity index (χ0v) is 17.8. The van der Waals surface area contributed by atoms with Crippen molar-refractivity contribution >= 4 is 27.7 Å². The molecule has 0 aliphatic heterocycles. The topological polar surface area (TPSA) is 79.1 Å². The molecule has 5 rings (SSSR count). The highest BCUT2D eigenvalue weighted by molar-refractivity contribution is 6.20. The number of halogens is 3. The number of aromatic nitrogens is 1. The molecule has 1 amide bonds. The summed E-state index contributed by atoms with van der Waals surface area (Å²) >= 11 is 0. The molecule has 0 saturated heterocycles. The van der Waals surface area contributed by atoms with Crippen LogP contribution in [0.3, 0.4) is 0 Å². The number of carbonyl (C=O) groups is 1. The van der Waals surface area contributed by atoms with E-state index in [0.29, 0.717) is 39.4 Å². The summed E-state index contributed by atoms with van der Waals surface area (Å²) in [5.41, 5.74) is 9.22. The molecule has 4 N–H and O–H groups in total. The van der Waals surface area contributed by atoms with E-state index in [0.717, 1.165) is 23.3 Å². The molecule has 4 aromatic carbocycles. The molecule has 0 unspecified atom stereocenters. The molecule has 34 heavy (non-hydrogen) atoms. The number of fused-ring (bicyclic) bond motifs is 3. The number of rotatable bonds is 4. The zero-order chi connectivity index (χ0) is 24.0. The van der Waals surface area contributed by atoms with E-state index in [2.05, 4.69) is 4.98 Å². The lowest BCUT2D eigenvalue weighted by Crippen LogP contribution is -2.11. The van der Waals surface area contributed by atoms with Crippen LogP contribution in [0.4, 0.5) is 13.2 Å². The van der Waals surface area contributed by atoms with Gasteiger partial charge in [-0.25, -0.2) is 0 Å². The van der Waals surface area contributed by atoms with Crippen molar-refractivity contribution in [2.45, 2.75) is 12.6 Å². The number of amides is 1. The molecule has 5 aromatic rings. The first-order valence-corrected chi connectivity index (χ1v) is 10.5. The first-order chi connectivity index (χ1) is 16.2. The minimum Gasteiger partial charge on any atom is -0.507 e. The number of aromatic hydroxyl groups is 1. The van der Waals surface area contributed by atoms with Gasteiger partial charge in [0.15, 0.2) is 0 Å². The minimum absolute atomic E-state index is 0.0957. The van der Waals surface area contributed by atoms with Crippen LogP contribution in [0.25, 0.3) is 32.9 Å². The fraction of sp³-hybridized carbons (Fsp3) is 0.0741. The molecular weight excluding hydrogens is 441 g/mol. The van der Waals surface area contributed by atoms with Gasteiger partial charge in [0.05, 0.1) is 16.5 Å². The van der Waals surface area contributed by atoms with Crippen LogP contribution in [0.15, 0.2) is 78.9 Å². The Balaban J connectivity index is 1.82. The van der Waals surface area contributed by atoms with Crippen molar-refractivity contribution in [2.75, 3.05) is 0 Å². The predicted octanol–water partition coefficient (Wildman–Crippen LogP) is 6.40. The lowest BCUT2D eigenvalue weighted by Gasteiger charge is -2.15. The fourth-order valence-corrected chi connectivity index (χ4v) is 4.45. The highest BCUT2D eigenvalue weighted by Gasteiger charge is 2.30. The number of phenols is 1. The summed E-state index contributed by atoms with van der Waals surface area (Å²) < 4.78 is 39.3. The Morgan fingerprint density at radius 1 is 0.912 bits per heavy atom. The normalized spacial score (nSPS) is 11.9. The molecule has 1 heterocycles. The Kier molecular flexibility index (Phi) is 5.05. The van der Waals surface area contributed by atoms with Crippen LogP contribution >= 0.6 is 0 Å². The molecule has 0 fully saturated rings. The van der Waals surface area contributed by atoms with Gasteiger partial charge in [-0.05, 0) is 52.6 Å². The van der Waals surface area contributed by atoms with Gasteiger partial charge >= 0.3 is 6.18 Å². The summed E-state index contributed by atoms with van der Waals surface area (Å²) in [6.07, 6.45) is -3.99. The van der Waals surface area contributed by atoms with Crippen molar-refractivity contribution in [1.82, 2.24) is 4.98 Å². The van der Waals surface area contributed by atoms with E-state index in [1.165, 1.54) is 18.2 Å². The van der Waals surface area contributed by atoms with Crippen molar-refractivity contribution in [1.29, 1.82) is 0 Å². The summed E-state index contributed by atoms with van der Waals surface area (Å²) in [6.45, 7) is 0. The van der Waals surface area contributed by atoms with Crippen LogP contribution in [0.1, 0.15) is 27.0 Å². The Morgan fingerprint density at radius 2 is 1.62 bits per heavy atom. The van der Waals surface area contributed by atoms with Crippen molar-refractivity contribution in [3.63, 3.8) is 0 Å². The van der Waals surface area contributed by atoms with Crippen molar-refractivity contribution < 1.29 is 23.1 Å². The second-order valence-corrected chi connectivity index (χ2v) is 8.13. The highest BCUT2D eigenvalue weighted by Crippen LogP contribution is 2.42. The number of primary amides is 1. The van der Waals surface area contributed by atoms with Gasteiger partial charge < -0.3 is 15.8 Å². The molecule has 0 aliphatic carbocycles. The number of hydrogen-bond donors (Lipinski definition) is 3. The van der Waals surface area contributed by atoms with Crippen LogP contribution in [0, 0.1) is 0 Å². The molecule has 0 bridgehead atoms. The molecule has 4 nitrogen and oxygen atoms in total. The van der Waals surface area contributed by atoms with Gasteiger partial charge in [-0.3, -0.25) is 4.79 Å². The van der Waals surface area contributed by atoms with Crippen molar-refractivity contribution in [3.05, 3.63) is 101 Å². The summed E-state index contributed by atoms with van der Waals surface area (Å²) in [7, 11) is 0. The number of H-pyrrole nitrogens is 1. The number of alkyl halides is 3. The summed E-state index contributed by atoms with van der Waals surface area (Å²) in [6, 6.07) is 21.1. The summed E-state index contributed by atoms with van der Waals surface area (Å²) in [5, 5.41) is 12.0. The van der Waals surface area contributed by atoms with Crippen LogP contribution in [-0.2, 0) is 12.6 Å². The third kappa shape index (κ3) is 3.65. The molecule has 0 spiro atoms. The highest BCUT2D eigenvalue weighted by atomic mass is 19.4. The average molecular weight is 460 g/mol. The Labute approximate surface area is 192 Å². The second kappa shape index (κ2) is 7.95. The third-order valence-corrected chi connectivity index (χ3v) is 6.00. The summed E-state index contributed by atoms with van der Waals surface area (Å²) in [5.74, 6) is -0.719. The van der Waals surface area contributed by atoms with Crippen LogP contribution in [-0.4, -0.2) is 16.0 Å². The van der Waals surface area contributed by atoms with Gasteiger partial charge in [0.25, 0.3) is 0 Å². The van der Waals surface area contributed by atoms with E-state index in [9.17, 15) is 23.1 Å². The van der Waals surface area contributed by atoms with Crippen LogP contribution in [0.2, 0.25) is 0 Å². The van der Waals surface area contributed by atoms with E-state index < -0.39 is 17.6 Å². The number of phenolic OH excluding ortho intramolecular Hbond substituents is 1. The van der Waals surface area contributed by atoms with Crippen molar-refractivity contribution in [3.8, 4) is 16.9 Å². The van der Waals surface area contributed by atoms with E-state index >= 15 is 0 Å². The summed E-state index contributed by atoms with van der Waals surface area (Å²) in [4.78, 5) is 15.4. The molecule has 1 aromatic heterocycles. The second-order valence-electron chi connectivity index (χ2n) is 8.13. The first-order valence-electron chi connectivity index (χ1n) is 10.5. The van der Waals surface area contributed by atoms with Gasteiger partial charge in [-0.2, -0.15) is 13.2 Å². The Morgan fingerprint density at radius 3 is 2.26 bits per heavy atom. The molecule has 0 atom stereocenters. The zero-order valence-electron chi connectivity index (χ0n) is 17.8. The molecule has 170 valence electrons. The quantitative estimate of drug-likeness (QED) is 0.290. The van der Waals surface area contributed by atoms with E-state index in [1.807, 2.05) is 30.3 Å². The number of nitrogens with two attached hydrogens (primary N) is 1. The number of aromatic amines is 1. The van der Waals surface area contributed by atoms with Gasteiger partial charge in [0, 0.05) is 22.9 Å². The average Bonchev–Trinajstić information content (AvgIpc) is 3.21. The number of carbonyl (C=O) groups excluding carboxylic acids is 1. The van der Waals surface area contributed by atoms with Gasteiger partial charge in [-0.1, -0.05) is 48.5 Å². The largest absolute Gasteiger partial charge is 0.507 e. The van der Waals surface area contributed by atoms with E-state index in [-0.39, 0.29) is 11.3 Å². The van der Waals surface area contributed by atoms with Crippen LogP contribution < -0.4 is 5.73 Å². The Bertz CT molecular complexity index is 1540. The maximum atomic E-state index is 13.1. The lowest BCUT2D eigenvalue weighted by molar-refractivity contribution is -0.137. The van der Waals surface area contributed by atoms with Gasteiger partial charge in [0.1, 0.15) is 5.75 Å². The number of nitrogens with one attached hydrogen (secondary N) is 1. The number of benzene rings is 4. The van der Waals surface area contributed by atoms with Gasteiger partial charge in [-0.15, -0.1) is 0 Å². The standard InChI is InChI=1S/C27H19F3N2O2/c28-27(29,30)17-11-9-16(10-12-17)19-14-22(33)24-23-18(26(31)34)7-4-8-21(23)32-25(24)20(19)13-15-5-2-1-3-6-15/h1-12,14,32-33H,13H2,(H2,31,34). The Hall–Kier alpha value is -4.26. The molecule has 0 radical (unpaired) electrons. The monoisotopic (exact) mass is 460 g/mol. The molecule has 0 aliphatic rings. The van der Waals surface area contributed by atoms with E-state index in [1.54, 1.807) is 18.2 Å². The SMILES string of the molecule is NC(=O)c1cccc2[nH]c3c(Cc4ccccc4)c(-c4ccc(C(F)(F)F)cc4)cc(O)c3c12. The molecular formula is C27H19F3N2O2. The smallest absolute Gasteiger partial charge is 0.416 e. The number of hydrogen-bond acceptors (Lipinski definition) is 2. The first kappa shape index (κ1) is 21.6. The maximum Gasteiger partial charge on any atom is 0.416 e. The maximum absolute atomic E-state index is 13.1. The molecule has 0 saturated carbocycles. The minimum atomic E-state index is -4.44. The lowest BCUT2D eigenvalue weighted by atomic mass is 9.91. The predicted molar refractivity (Wildman–Crippen MR) is 126 cm³/mol. The van der Waals surface area contributed by atoms with Gasteiger partial charge in [0.2, 0.25) is 5.91 Å². The fourth-order valence-electron chi connectivity index (χ4n) is 4.45. The van der Waals surface area contributed by atoms with Crippen LogP contribution in [0.5, 0.6) is 5.75 Å².